The van der Waals surface area contributed by atoms with Crippen LogP contribution >= 0.6 is 0 Å². The Hall–Kier alpha value is -4.23. The Morgan fingerprint density at radius 1 is 0.783 bits per heavy atom. The van der Waals surface area contributed by atoms with Gasteiger partial charge in [0.2, 0.25) is 5.91 Å². The van der Waals surface area contributed by atoms with Gasteiger partial charge in [-0.05, 0) is 99.0 Å². The van der Waals surface area contributed by atoms with Crippen molar-refractivity contribution in [3.05, 3.63) is 48.0 Å². The first-order valence-electron chi connectivity index (χ1n) is 16.0. The van der Waals surface area contributed by atoms with Crippen LogP contribution in [0.15, 0.2) is 42.5 Å². The van der Waals surface area contributed by atoms with Crippen LogP contribution in [-0.2, 0) is 25.6 Å². The molecule has 0 saturated heterocycles. The predicted molar refractivity (Wildman–Crippen MR) is 172 cm³/mol. The summed E-state index contributed by atoms with van der Waals surface area (Å²) in [6, 6.07) is 10.0. The molecule has 0 radical (unpaired) electrons. The fraction of sp³-hybridized carbons (Fsp3) is 0.545. The lowest BCUT2D eigenvalue weighted by atomic mass is 9.82. The minimum Gasteiger partial charge on any atom is -0.481 e. The summed E-state index contributed by atoms with van der Waals surface area (Å²) in [5, 5.41) is 40.6. The summed E-state index contributed by atoms with van der Waals surface area (Å²) in [5.41, 5.74) is 6.89. The number of benzene rings is 2. The van der Waals surface area contributed by atoms with E-state index < -0.39 is 48.5 Å². The third kappa shape index (κ3) is 12.3. The number of unbranched alkanes of at least 4 members (excludes halogenated alkanes) is 1. The number of fused-ring (bicyclic) bond motifs is 1. The second-order valence-electron chi connectivity index (χ2n) is 12.1. The Balaban J connectivity index is 1.50. The van der Waals surface area contributed by atoms with Crippen molar-refractivity contribution < 1.29 is 39.3 Å². The van der Waals surface area contributed by atoms with Crippen LogP contribution in [0, 0.1) is 11.8 Å². The van der Waals surface area contributed by atoms with Gasteiger partial charge in [-0.25, -0.2) is 14.4 Å². The maximum absolute atomic E-state index is 13.4. The molecule has 1 fully saturated rings. The molecule has 1 saturated carbocycles. The van der Waals surface area contributed by atoms with Crippen LogP contribution in [-0.4, -0.2) is 82.9 Å². The van der Waals surface area contributed by atoms with Gasteiger partial charge in [0.05, 0.1) is 6.04 Å². The third-order valence-electron chi connectivity index (χ3n) is 8.60. The molecule has 2 aromatic carbocycles. The smallest absolute Gasteiger partial charge is 0.326 e. The number of urea groups is 1. The zero-order valence-corrected chi connectivity index (χ0v) is 26.1. The monoisotopic (exact) mass is 641 g/mol. The van der Waals surface area contributed by atoms with Crippen LogP contribution in [0.2, 0.25) is 0 Å². The summed E-state index contributed by atoms with van der Waals surface area (Å²) in [6.07, 6.45) is 4.93. The number of hydrogen-bond acceptors (Lipinski definition) is 7. The van der Waals surface area contributed by atoms with Gasteiger partial charge < -0.3 is 42.3 Å². The molecule has 0 aliphatic heterocycles. The van der Waals surface area contributed by atoms with Gasteiger partial charge in [0.25, 0.3) is 0 Å². The molecule has 0 unspecified atom stereocenters. The minimum absolute atomic E-state index is 0.0513. The number of amides is 3. The standard InChI is InChI=1S/C33H47N5O8/c34-19-21-8-10-22(11-9-21)20-36-28(18-23-12-13-24-5-1-2-6-25(24)17-23)30(41)35-16-4-3-7-26(31(42)43)37-33(46)38-27(32(44)45)14-15-29(39)40/h1-2,5-6,12-13,17,21-22,26-28,36H,3-4,7-11,14-16,18-20,34H2,(H,35,41)(H,39,40)(H,42,43)(H,44,45)(H2,37,38,46)/t21?,22?,26-,27-,28-/m0/s1. The van der Waals surface area contributed by atoms with Crippen molar-refractivity contribution in [2.24, 2.45) is 17.6 Å². The highest BCUT2D eigenvalue weighted by atomic mass is 16.4. The summed E-state index contributed by atoms with van der Waals surface area (Å²) < 4.78 is 0. The molecule has 46 heavy (non-hydrogen) atoms. The van der Waals surface area contributed by atoms with E-state index >= 15 is 0 Å². The molecule has 3 atom stereocenters. The Bertz CT molecular complexity index is 1330. The molecule has 0 heterocycles. The summed E-state index contributed by atoms with van der Waals surface area (Å²) in [5.74, 6) is -3.02. The van der Waals surface area contributed by atoms with Crippen LogP contribution in [0.4, 0.5) is 4.79 Å². The van der Waals surface area contributed by atoms with Gasteiger partial charge in [0.1, 0.15) is 12.1 Å². The third-order valence-corrected chi connectivity index (χ3v) is 8.60. The Kier molecular flexibility index (Phi) is 14.7. The number of carboxylic acid groups (broad SMARTS) is 3. The summed E-state index contributed by atoms with van der Waals surface area (Å²) in [6.45, 7) is 1.75. The van der Waals surface area contributed by atoms with Gasteiger partial charge in [-0.15, -0.1) is 0 Å². The van der Waals surface area contributed by atoms with Crippen LogP contribution in [0.25, 0.3) is 10.8 Å². The molecule has 3 rings (SSSR count). The Morgan fingerprint density at radius 2 is 1.41 bits per heavy atom. The second kappa shape index (κ2) is 18.7. The molecule has 13 nitrogen and oxygen atoms in total. The second-order valence-corrected chi connectivity index (χ2v) is 12.1. The highest BCUT2D eigenvalue weighted by molar-refractivity contribution is 5.86. The zero-order valence-electron chi connectivity index (χ0n) is 26.1. The van der Waals surface area contributed by atoms with E-state index in [1.807, 2.05) is 30.3 Å². The van der Waals surface area contributed by atoms with Crippen molar-refractivity contribution in [2.75, 3.05) is 19.6 Å². The topological polar surface area (TPSA) is 220 Å². The van der Waals surface area contributed by atoms with Gasteiger partial charge in [0, 0.05) is 13.0 Å². The van der Waals surface area contributed by atoms with Crippen molar-refractivity contribution in [3.63, 3.8) is 0 Å². The van der Waals surface area contributed by atoms with Gasteiger partial charge in [0.15, 0.2) is 0 Å². The average molecular weight is 642 g/mol. The number of hydrogen-bond donors (Lipinski definition) is 8. The lowest BCUT2D eigenvalue weighted by molar-refractivity contribution is -0.140. The number of rotatable bonds is 19. The van der Waals surface area contributed by atoms with E-state index in [9.17, 15) is 34.2 Å². The number of carbonyl (C=O) groups excluding carboxylic acids is 2. The molecule has 1 aliphatic rings. The molecule has 0 bridgehead atoms. The quantitative estimate of drug-likeness (QED) is 0.105. The van der Waals surface area contributed by atoms with E-state index in [1.54, 1.807) is 0 Å². The van der Waals surface area contributed by atoms with Gasteiger partial charge in [-0.1, -0.05) is 42.5 Å². The fourth-order valence-corrected chi connectivity index (χ4v) is 5.79. The van der Waals surface area contributed by atoms with Crippen molar-refractivity contribution in [2.45, 2.75) is 82.3 Å². The minimum atomic E-state index is -1.47. The van der Waals surface area contributed by atoms with Crippen LogP contribution in [0.1, 0.15) is 63.4 Å². The molecular weight excluding hydrogens is 594 g/mol. The molecule has 0 aromatic heterocycles. The van der Waals surface area contributed by atoms with Crippen LogP contribution in [0.3, 0.4) is 0 Å². The normalized spacial score (nSPS) is 18.2. The van der Waals surface area contributed by atoms with Crippen molar-refractivity contribution in [3.8, 4) is 0 Å². The Labute approximate surface area is 268 Å². The van der Waals surface area contributed by atoms with E-state index in [0.717, 1.165) is 48.6 Å². The highest BCUT2D eigenvalue weighted by Gasteiger charge is 2.26. The van der Waals surface area contributed by atoms with Gasteiger partial charge in [-0.2, -0.15) is 0 Å². The largest absolute Gasteiger partial charge is 0.481 e. The van der Waals surface area contributed by atoms with Crippen LogP contribution in [0.5, 0.6) is 0 Å². The lowest BCUT2D eigenvalue weighted by Gasteiger charge is -2.29. The molecule has 13 heteroatoms. The predicted octanol–water partition coefficient (Wildman–Crippen LogP) is 2.46. The molecule has 252 valence electrons. The maximum atomic E-state index is 13.4. The van der Waals surface area contributed by atoms with E-state index in [0.29, 0.717) is 44.2 Å². The number of carboxylic acids is 3. The van der Waals surface area contributed by atoms with Crippen molar-refractivity contribution in [1.29, 1.82) is 0 Å². The number of aliphatic carboxylic acids is 3. The van der Waals surface area contributed by atoms with E-state index in [-0.39, 0.29) is 18.7 Å². The van der Waals surface area contributed by atoms with Crippen LogP contribution < -0.4 is 27.0 Å². The first-order chi connectivity index (χ1) is 22.0. The van der Waals surface area contributed by atoms with Gasteiger partial charge in [-0.3, -0.25) is 9.59 Å². The maximum Gasteiger partial charge on any atom is 0.326 e. The van der Waals surface area contributed by atoms with E-state index in [1.165, 1.54) is 0 Å². The summed E-state index contributed by atoms with van der Waals surface area (Å²) in [4.78, 5) is 59.3. The first-order valence-corrected chi connectivity index (χ1v) is 16.0. The fourth-order valence-electron chi connectivity index (χ4n) is 5.79. The van der Waals surface area contributed by atoms with Crippen molar-refractivity contribution in [1.82, 2.24) is 21.3 Å². The summed E-state index contributed by atoms with van der Waals surface area (Å²) >= 11 is 0. The lowest BCUT2D eigenvalue weighted by Crippen LogP contribution is -2.51. The number of nitrogens with one attached hydrogen (secondary N) is 4. The van der Waals surface area contributed by atoms with E-state index in [2.05, 4.69) is 33.4 Å². The zero-order chi connectivity index (χ0) is 33.5. The molecule has 2 aromatic rings. The molecule has 1 aliphatic carbocycles. The molecule has 3 amide bonds. The molecular formula is C33H47N5O8. The highest BCUT2D eigenvalue weighted by Crippen LogP contribution is 2.27. The molecule has 0 spiro atoms. The first kappa shape index (κ1) is 36.2. The number of nitrogens with two attached hydrogens (primary N) is 1. The SMILES string of the molecule is NCC1CCC(CN[C@@H](Cc2ccc3ccccc3c2)C(=O)NCCCC[C@H](NC(=O)N[C@@H](CCC(=O)O)C(=O)O)C(=O)O)CC1. The average Bonchev–Trinajstić information content (AvgIpc) is 3.03. The van der Waals surface area contributed by atoms with E-state index in [4.69, 9.17) is 10.8 Å². The number of carbonyl (C=O) groups is 5. The molecule has 9 N–H and O–H groups in total. The Morgan fingerprint density at radius 3 is 2.04 bits per heavy atom. The van der Waals surface area contributed by atoms with Crippen molar-refractivity contribution >= 4 is 40.6 Å². The summed E-state index contributed by atoms with van der Waals surface area (Å²) in [7, 11) is 0. The van der Waals surface area contributed by atoms with Gasteiger partial charge >= 0.3 is 23.9 Å².